The van der Waals surface area contributed by atoms with Crippen LogP contribution in [0.1, 0.15) is 18.5 Å². The van der Waals surface area contributed by atoms with Crippen molar-refractivity contribution in [1.82, 2.24) is 9.88 Å². The second kappa shape index (κ2) is 5.85. The summed E-state index contributed by atoms with van der Waals surface area (Å²) in [6, 6.07) is 12.5. The molecule has 0 unspecified atom stereocenters. The Morgan fingerprint density at radius 2 is 1.95 bits per heavy atom. The zero-order valence-electron chi connectivity index (χ0n) is 11.5. The summed E-state index contributed by atoms with van der Waals surface area (Å²) in [5.41, 5.74) is 7.94. The molecule has 3 rings (SSSR count). The Bertz CT molecular complexity index is 618. The van der Waals surface area contributed by atoms with Crippen molar-refractivity contribution in [2.45, 2.75) is 19.4 Å². The highest BCUT2D eigenvalue weighted by molar-refractivity contribution is 7.80. The zero-order chi connectivity index (χ0) is 13.9. The maximum Gasteiger partial charge on any atom is 0.0759 e. The van der Waals surface area contributed by atoms with Crippen LogP contribution in [0.5, 0.6) is 0 Å². The lowest BCUT2D eigenvalue weighted by Crippen LogP contribution is -2.37. The minimum atomic E-state index is 0.422. The molecule has 0 atom stereocenters. The average molecular weight is 285 g/mol. The van der Waals surface area contributed by atoms with E-state index in [-0.39, 0.29) is 0 Å². The summed E-state index contributed by atoms with van der Waals surface area (Å²) in [6.45, 7) is 3.02. The number of thiocarbonyl (C=S) groups is 1. The first-order valence-corrected chi connectivity index (χ1v) is 7.49. The van der Waals surface area contributed by atoms with Crippen molar-refractivity contribution < 1.29 is 0 Å². The highest BCUT2D eigenvalue weighted by Gasteiger charge is 2.21. The second-order valence-electron chi connectivity index (χ2n) is 5.45. The minimum absolute atomic E-state index is 0.422. The first kappa shape index (κ1) is 13.5. The number of rotatable bonds is 3. The maximum atomic E-state index is 5.73. The number of piperidine rings is 1. The molecule has 1 aliphatic heterocycles. The largest absolute Gasteiger partial charge is 0.393 e. The number of likely N-dealkylation sites (tertiary alicyclic amines) is 1. The van der Waals surface area contributed by atoms with Gasteiger partial charge >= 0.3 is 0 Å². The van der Waals surface area contributed by atoms with Gasteiger partial charge in [-0.15, -0.1) is 0 Å². The van der Waals surface area contributed by atoms with Crippen molar-refractivity contribution >= 4 is 28.1 Å². The topological polar surface area (TPSA) is 42.1 Å². The summed E-state index contributed by atoms with van der Waals surface area (Å²) in [4.78, 5) is 7.84. The summed E-state index contributed by atoms with van der Waals surface area (Å²) >= 11 is 5.08. The number of benzene rings is 1. The molecule has 1 aliphatic rings. The predicted molar refractivity (Wildman–Crippen MR) is 86.5 cm³/mol. The standard InChI is InChI=1S/C16H19N3S/c17-16(20)13-7-9-19(10-8-13)11-14-6-5-12-3-1-2-4-15(12)18-14/h1-6,13H,7-11H2,(H2,17,20). The van der Waals surface area contributed by atoms with Crippen LogP contribution in [0.15, 0.2) is 36.4 Å². The Labute approximate surface area is 124 Å². The molecule has 1 aromatic heterocycles. The number of nitrogens with zero attached hydrogens (tertiary/aromatic N) is 2. The van der Waals surface area contributed by atoms with Crippen molar-refractivity contribution in [2.75, 3.05) is 13.1 Å². The maximum absolute atomic E-state index is 5.73. The Kier molecular flexibility index (Phi) is 3.94. The van der Waals surface area contributed by atoms with E-state index in [1.54, 1.807) is 0 Å². The van der Waals surface area contributed by atoms with E-state index in [0.717, 1.165) is 43.7 Å². The molecule has 0 amide bonds. The number of aromatic nitrogens is 1. The quantitative estimate of drug-likeness (QED) is 0.881. The van der Waals surface area contributed by atoms with Gasteiger partial charge in [0.15, 0.2) is 0 Å². The first-order chi connectivity index (χ1) is 9.72. The molecule has 0 saturated carbocycles. The Hall–Kier alpha value is -1.52. The van der Waals surface area contributed by atoms with Gasteiger partial charge in [-0.3, -0.25) is 9.88 Å². The van der Waals surface area contributed by atoms with Gasteiger partial charge in [0.05, 0.1) is 16.2 Å². The van der Waals surface area contributed by atoms with Gasteiger partial charge in [0.1, 0.15) is 0 Å². The molecule has 0 spiro atoms. The molecule has 2 N–H and O–H groups in total. The van der Waals surface area contributed by atoms with Gasteiger partial charge in [-0.2, -0.15) is 0 Å². The number of hydrogen-bond donors (Lipinski definition) is 1. The van der Waals surface area contributed by atoms with Gasteiger partial charge in [-0.1, -0.05) is 36.5 Å². The molecule has 2 heterocycles. The Morgan fingerprint density at radius 1 is 1.20 bits per heavy atom. The fourth-order valence-corrected chi connectivity index (χ4v) is 3.04. The summed E-state index contributed by atoms with van der Waals surface area (Å²) in [5.74, 6) is 0.422. The number of hydrogen-bond acceptors (Lipinski definition) is 3. The van der Waals surface area contributed by atoms with Crippen LogP contribution in [0.25, 0.3) is 10.9 Å². The van der Waals surface area contributed by atoms with Gasteiger partial charge in [0, 0.05) is 17.8 Å². The summed E-state index contributed by atoms with van der Waals surface area (Å²) in [7, 11) is 0. The molecule has 2 aromatic rings. The van der Waals surface area contributed by atoms with E-state index in [1.165, 1.54) is 5.39 Å². The van der Waals surface area contributed by atoms with Crippen LogP contribution in [-0.4, -0.2) is 28.0 Å². The van der Waals surface area contributed by atoms with Crippen molar-refractivity contribution in [1.29, 1.82) is 0 Å². The van der Waals surface area contributed by atoms with Crippen molar-refractivity contribution in [3.63, 3.8) is 0 Å². The van der Waals surface area contributed by atoms with E-state index in [2.05, 4.69) is 29.2 Å². The van der Waals surface area contributed by atoms with Gasteiger partial charge in [0.25, 0.3) is 0 Å². The third-order valence-electron chi connectivity index (χ3n) is 4.03. The molecule has 1 aromatic carbocycles. The first-order valence-electron chi connectivity index (χ1n) is 7.09. The van der Waals surface area contributed by atoms with E-state index in [9.17, 15) is 0 Å². The van der Waals surface area contributed by atoms with Crippen LogP contribution in [0.2, 0.25) is 0 Å². The normalized spacial score (nSPS) is 17.4. The van der Waals surface area contributed by atoms with Crippen LogP contribution in [-0.2, 0) is 6.54 Å². The molecular formula is C16H19N3S. The molecule has 3 nitrogen and oxygen atoms in total. The molecule has 1 fully saturated rings. The number of nitrogens with two attached hydrogens (primary N) is 1. The SMILES string of the molecule is NC(=S)C1CCN(Cc2ccc3ccccc3n2)CC1. The highest BCUT2D eigenvalue weighted by atomic mass is 32.1. The van der Waals surface area contributed by atoms with E-state index in [1.807, 2.05) is 12.1 Å². The predicted octanol–water partition coefficient (Wildman–Crippen LogP) is 2.73. The third kappa shape index (κ3) is 2.97. The lowest BCUT2D eigenvalue weighted by Gasteiger charge is -2.31. The van der Waals surface area contributed by atoms with Gasteiger partial charge in [0.2, 0.25) is 0 Å². The van der Waals surface area contributed by atoms with E-state index in [0.29, 0.717) is 10.9 Å². The molecular weight excluding hydrogens is 266 g/mol. The van der Waals surface area contributed by atoms with Crippen molar-refractivity contribution in [3.05, 3.63) is 42.1 Å². The van der Waals surface area contributed by atoms with Gasteiger partial charge < -0.3 is 5.73 Å². The fourth-order valence-electron chi connectivity index (χ4n) is 2.80. The summed E-state index contributed by atoms with van der Waals surface area (Å²) < 4.78 is 0. The van der Waals surface area contributed by atoms with Crippen LogP contribution < -0.4 is 5.73 Å². The molecule has 0 aliphatic carbocycles. The zero-order valence-corrected chi connectivity index (χ0v) is 12.3. The Morgan fingerprint density at radius 3 is 2.70 bits per heavy atom. The molecule has 0 bridgehead atoms. The monoisotopic (exact) mass is 285 g/mol. The van der Waals surface area contributed by atoms with Gasteiger partial charge in [-0.25, -0.2) is 0 Å². The summed E-state index contributed by atoms with van der Waals surface area (Å²) in [5, 5.41) is 1.20. The molecule has 4 heteroatoms. The highest BCUT2D eigenvalue weighted by Crippen LogP contribution is 2.19. The van der Waals surface area contributed by atoms with Crippen LogP contribution in [0.3, 0.4) is 0 Å². The van der Waals surface area contributed by atoms with Crippen LogP contribution in [0.4, 0.5) is 0 Å². The third-order valence-corrected chi connectivity index (χ3v) is 4.36. The number of para-hydroxylation sites is 1. The average Bonchev–Trinajstić information content (AvgIpc) is 2.48. The van der Waals surface area contributed by atoms with Crippen LogP contribution >= 0.6 is 12.2 Å². The lowest BCUT2D eigenvalue weighted by atomic mass is 9.97. The fraction of sp³-hybridized carbons (Fsp3) is 0.375. The van der Waals surface area contributed by atoms with Crippen molar-refractivity contribution in [3.8, 4) is 0 Å². The van der Waals surface area contributed by atoms with Crippen LogP contribution in [0, 0.1) is 5.92 Å². The van der Waals surface area contributed by atoms with E-state index in [4.69, 9.17) is 22.9 Å². The second-order valence-corrected chi connectivity index (χ2v) is 5.92. The molecule has 1 saturated heterocycles. The minimum Gasteiger partial charge on any atom is -0.393 e. The van der Waals surface area contributed by atoms with E-state index < -0.39 is 0 Å². The smallest absolute Gasteiger partial charge is 0.0759 e. The Balaban J connectivity index is 1.66. The van der Waals surface area contributed by atoms with Gasteiger partial charge in [-0.05, 0) is 38.1 Å². The lowest BCUT2D eigenvalue weighted by molar-refractivity contribution is 0.200. The molecule has 20 heavy (non-hydrogen) atoms. The summed E-state index contributed by atoms with van der Waals surface area (Å²) in [6.07, 6.45) is 2.14. The number of pyridine rings is 1. The molecule has 104 valence electrons. The van der Waals surface area contributed by atoms with Crippen molar-refractivity contribution in [2.24, 2.45) is 11.7 Å². The number of fused-ring (bicyclic) bond motifs is 1. The molecule has 0 radical (unpaired) electrons. The van der Waals surface area contributed by atoms with E-state index >= 15 is 0 Å².